The lowest BCUT2D eigenvalue weighted by Crippen LogP contribution is -2.45. The first-order valence-corrected chi connectivity index (χ1v) is 8.77. The zero-order valence-corrected chi connectivity index (χ0v) is 14.9. The minimum Gasteiger partial charge on any atom is -0.497 e. The van der Waals surface area contributed by atoms with E-state index in [1.165, 1.54) is 0 Å². The van der Waals surface area contributed by atoms with Crippen LogP contribution in [-0.2, 0) is 27.4 Å². The van der Waals surface area contributed by atoms with Gasteiger partial charge in [0, 0.05) is 6.42 Å². The summed E-state index contributed by atoms with van der Waals surface area (Å²) in [6.07, 6.45) is -1.21. The molecule has 0 aliphatic carbocycles. The predicted octanol–water partition coefficient (Wildman–Crippen LogP) is 2.95. The topological polar surface area (TPSA) is 57.2 Å². The first kappa shape index (κ1) is 17.5. The van der Waals surface area contributed by atoms with Gasteiger partial charge in [0.15, 0.2) is 0 Å². The summed E-state index contributed by atoms with van der Waals surface area (Å²) in [7, 11) is 1.63. The molecule has 1 heterocycles. The summed E-state index contributed by atoms with van der Waals surface area (Å²) in [6, 6.07) is 17.5. The van der Waals surface area contributed by atoms with E-state index in [4.69, 9.17) is 20.3 Å². The minimum absolute atomic E-state index is 0.299. The van der Waals surface area contributed by atoms with E-state index < -0.39 is 18.8 Å². The fraction of sp³-hybridized carbons (Fsp3) is 0.429. The molecule has 5 heteroatoms. The van der Waals surface area contributed by atoms with E-state index >= 15 is 0 Å². The van der Waals surface area contributed by atoms with Gasteiger partial charge in [0.2, 0.25) is 0 Å². The Hall–Kier alpha value is -1.92. The molecule has 0 unspecified atom stereocenters. The summed E-state index contributed by atoms with van der Waals surface area (Å²) in [5.41, 5.74) is 2.08. The number of benzene rings is 2. The van der Waals surface area contributed by atoms with E-state index in [2.05, 4.69) is 0 Å². The quantitative estimate of drug-likeness (QED) is 0.785. The molecule has 0 aromatic heterocycles. The third kappa shape index (κ3) is 5.54. The van der Waals surface area contributed by atoms with E-state index in [9.17, 15) is 5.11 Å². The Kier molecular flexibility index (Phi) is 6.52. The normalized spacial score (nSPS) is 26.3. The maximum absolute atomic E-state index is 9.97. The maximum atomic E-state index is 9.97. The van der Waals surface area contributed by atoms with Crippen LogP contribution in [0.15, 0.2) is 54.6 Å². The van der Waals surface area contributed by atoms with Gasteiger partial charge >= 0.3 is 0 Å². The van der Waals surface area contributed by atoms with Crippen molar-refractivity contribution < 1.29 is 25.4 Å². The van der Waals surface area contributed by atoms with Gasteiger partial charge in [0.25, 0.3) is 0 Å². The van der Waals surface area contributed by atoms with Crippen LogP contribution >= 0.6 is 0 Å². The molecule has 0 spiro atoms. The molecular formula is C21H26O5. The first-order chi connectivity index (χ1) is 13.2. The number of aliphatic hydroxyl groups is 1. The Morgan fingerprint density at radius 2 is 1.81 bits per heavy atom. The van der Waals surface area contributed by atoms with Crippen LogP contribution in [-0.4, -0.2) is 43.7 Å². The molecule has 1 aliphatic rings. The Balaban J connectivity index is 1.52. The van der Waals surface area contributed by atoms with Crippen LogP contribution in [0, 0.1) is 0 Å². The molecule has 1 fully saturated rings. The fourth-order valence-corrected chi connectivity index (χ4v) is 2.84. The number of rotatable bonds is 8. The fourth-order valence-electron chi connectivity index (χ4n) is 2.84. The van der Waals surface area contributed by atoms with Gasteiger partial charge in [-0.3, -0.25) is 0 Å². The zero-order valence-electron chi connectivity index (χ0n) is 15.9. The predicted molar refractivity (Wildman–Crippen MR) is 98.0 cm³/mol. The SMILES string of the molecule is [2H][C@@H]1O[C@H](COCc2ccc(OC)cc2)[C@@H](OCc2ccccc2)C[C@H]1O. The second kappa shape index (κ2) is 9.69. The van der Waals surface area contributed by atoms with E-state index in [1.54, 1.807) is 7.11 Å². The van der Waals surface area contributed by atoms with Gasteiger partial charge < -0.3 is 24.1 Å². The molecule has 1 aliphatic heterocycles. The van der Waals surface area contributed by atoms with Gasteiger partial charge in [-0.15, -0.1) is 0 Å². The highest BCUT2D eigenvalue weighted by molar-refractivity contribution is 5.26. The lowest BCUT2D eigenvalue weighted by Gasteiger charge is -2.34. The van der Waals surface area contributed by atoms with Gasteiger partial charge in [-0.25, -0.2) is 0 Å². The molecule has 0 radical (unpaired) electrons. The molecule has 1 saturated heterocycles. The van der Waals surface area contributed by atoms with Crippen molar-refractivity contribution in [3.05, 3.63) is 65.7 Å². The summed E-state index contributed by atoms with van der Waals surface area (Å²) in [5, 5.41) is 9.97. The summed E-state index contributed by atoms with van der Waals surface area (Å²) in [5.74, 6) is 0.801. The molecule has 0 amide bonds. The van der Waals surface area contributed by atoms with Gasteiger partial charge in [-0.2, -0.15) is 0 Å². The van der Waals surface area contributed by atoms with Gasteiger partial charge in [0.1, 0.15) is 11.9 Å². The second-order valence-corrected chi connectivity index (χ2v) is 6.31. The van der Waals surface area contributed by atoms with E-state index in [1.807, 2.05) is 54.6 Å². The van der Waals surface area contributed by atoms with Crippen molar-refractivity contribution in [3.8, 4) is 5.75 Å². The van der Waals surface area contributed by atoms with Crippen LogP contribution in [0.3, 0.4) is 0 Å². The summed E-state index contributed by atoms with van der Waals surface area (Å²) in [4.78, 5) is 0. The number of methoxy groups -OCH3 is 1. The minimum atomic E-state index is -0.976. The monoisotopic (exact) mass is 359 g/mol. The van der Waals surface area contributed by atoms with E-state index in [-0.39, 0.29) is 6.10 Å². The maximum Gasteiger partial charge on any atom is 0.118 e. The number of hydrogen-bond acceptors (Lipinski definition) is 5. The Morgan fingerprint density at radius 1 is 1.08 bits per heavy atom. The van der Waals surface area contributed by atoms with E-state index in [0.29, 0.717) is 26.2 Å². The van der Waals surface area contributed by atoms with Crippen molar-refractivity contribution in [1.82, 2.24) is 0 Å². The van der Waals surface area contributed by atoms with Crippen molar-refractivity contribution in [1.29, 1.82) is 0 Å². The second-order valence-electron chi connectivity index (χ2n) is 6.31. The van der Waals surface area contributed by atoms with Gasteiger partial charge in [-0.1, -0.05) is 42.5 Å². The van der Waals surface area contributed by atoms with Crippen molar-refractivity contribution >= 4 is 0 Å². The van der Waals surface area contributed by atoms with Crippen molar-refractivity contribution in [2.24, 2.45) is 0 Å². The zero-order chi connectivity index (χ0) is 19.1. The smallest absolute Gasteiger partial charge is 0.118 e. The molecule has 2 aromatic rings. The Morgan fingerprint density at radius 3 is 2.54 bits per heavy atom. The summed E-state index contributed by atoms with van der Waals surface area (Å²) in [6.45, 7) is 0.184. The molecule has 5 nitrogen and oxygen atoms in total. The molecule has 1 N–H and O–H groups in total. The molecule has 0 saturated carbocycles. The summed E-state index contributed by atoms with van der Waals surface area (Å²) >= 11 is 0. The number of hydrogen-bond donors (Lipinski definition) is 1. The van der Waals surface area contributed by atoms with Crippen molar-refractivity contribution in [2.75, 3.05) is 20.3 Å². The number of ether oxygens (including phenoxy) is 4. The Bertz CT molecular complexity index is 679. The average Bonchev–Trinajstić information content (AvgIpc) is 2.70. The molecule has 3 rings (SSSR count). The number of aliphatic hydroxyl groups excluding tert-OH is 1. The van der Waals surface area contributed by atoms with Crippen LogP contribution < -0.4 is 4.74 Å². The third-order valence-electron chi connectivity index (χ3n) is 4.32. The van der Waals surface area contributed by atoms with Crippen LogP contribution in [0.1, 0.15) is 18.9 Å². The van der Waals surface area contributed by atoms with Crippen molar-refractivity contribution in [3.63, 3.8) is 0 Å². The average molecular weight is 359 g/mol. The lowest BCUT2D eigenvalue weighted by atomic mass is 10.0. The highest BCUT2D eigenvalue weighted by Gasteiger charge is 2.31. The van der Waals surface area contributed by atoms with Crippen LogP contribution in [0.5, 0.6) is 5.75 Å². The van der Waals surface area contributed by atoms with Crippen molar-refractivity contribution in [2.45, 2.75) is 37.9 Å². The highest BCUT2D eigenvalue weighted by Crippen LogP contribution is 2.20. The first-order valence-electron chi connectivity index (χ1n) is 9.35. The lowest BCUT2D eigenvalue weighted by molar-refractivity contribution is -0.168. The van der Waals surface area contributed by atoms with Crippen LogP contribution in [0.4, 0.5) is 0 Å². The van der Waals surface area contributed by atoms with Crippen LogP contribution in [0.2, 0.25) is 0 Å². The molecule has 26 heavy (non-hydrogen) atoms. The highest BCUT2D eigenvalue weighted by atomic mass is 16.6. The molecule has 2 aromatic carbocycles. The molecular weight excluding hydrogens is 332 g/mol. The Labute approximate surface area is 155 Å². The molecule has 4 atom stereocenters. The standard InChI is InChI=1S/C21H26O5/c1-23-19-9-7-17(8-10-19)12-24-15-21-20(11-18(22)14-26-21)25-13-16-5-3-2-4-6-16/h2-10,18,20-22H,11-15H2,1H3/t18-,20+,21-/m1/s1/i14D/t14-,18+,20-,21+/m0. The summed E-state index contributed by atoms with van der Waals surface area (Å²) < 4.78 is 30.4. The van der Waals surface area contributed by atoms with Crippen LogP contribution in [0.25, 0.3) is 0 Å². The van der Waals surface area contributed by atoms with Gasteiger partial charge in [-0.05, 0) is 23.3 Å². The van der Waals surface area contributed by atoms with Gasteiger partial charge in [0.05, 0.1) is 47.1 Å². The van der Waals surface area contributed by atoms with E-state index in [0.717, 1.165) is 16.9 Å². The molecule has 140 valence electrons. The largest absolute Gasteiger partial charge is 0.497 e. The molecule has 0 bridgehead atoms. The third-order valence-corrected chi connectivity index (χ3v) is 4.32.